The number of hydrogen-bond acceptors (Lipinski definition) is 6. The summed E-state index contributed by atoms with van der Waals surface area (Å²) in [5.41, 5.74) is -0.181. The van der Waals surface area contributed by atoms with Gasteiger partial charge in [-0.15, -0.1) is 0 Å². The Hall–Kier alpha value is -2.55. The molecule has 0 aliphatic carbocycles. The maximum Gasteiger partial charge on any atom is 0.346 e. The van der Waals surface area contributed by atoms with Crippen LogP contribution in [-0.4, -0.2) is 20.7 Å². The van der Waals surface area contributed by atoms with Gasteiger partial charge in [-0.05, 0) is 58.0 Å². The normalized spacial score (nSPS) is 11.4. The number of rotatable bonds is 5. The predicted molar refractivity (Wildman–Crippen MR) is 121 cm³/mol. The summed E-state index contributed by atoms with van der Waals surface area (Å²) < 4.78 is 7.34. The molecule has 0 N–H and O–H groups in total. The van der Waals surface area contributed by atoms with Gasteiger partial charge in [0.2, 0.25) is 5.88 Å². The fourth-order valence-electron chi connectivity index (χ4n) is 2.70. The molecule has 31 heavy (non-hydrogen) atoms. The van der Waals surface area contributed by atoms with E-state index in [1.807, 2.05) is 39.8 Å². The van der Waals surface area contributed by atoms with Crippen LogP contribution in [0.2, 0.25) is 10.0 Å². The lowest BCUT2D eigenvalue weighted by atomic mass is 10.1. The second kappa shape index (κ2) is 8.90. The molecular weight excluding hydrogens is 461 g/mol. The van der Waals surface area contributed by atoms with Crippen molar-refractivity contribution in [3.8, 4) is 5.88 Å². The standard InChI is InChI=1S/C21H19Cl2N3O4S/c1-12-18(31-15-8-5-13(22)6-9-15)19(25(24-12)21(2,3)4)30-20(27)16-11-14(26(28)29)7-10-17(16)23/h5-11H,1-4H3. The van der Waals surface area contributed by atoms with Crippen molar-refractivity contribution in [1.82, 2.24) is 9.78 Å². The Bertz CT molecular complexity index is 1150. The molecule has 0 atom stereocenters. The van der Waals surface area contributed by atoms with E-state index in [-0.39, 0.29) is 22.2 Å². The van der Waals surface area contributed by atoms with Gasteiger partial charge in [0.15, 0.2) is 0 Å². The number of carbonyl (C=O) groups is 1. The summed E-state index contributed by atoms with van der Waals surface area (Å²) in [6.45, 7) is 7.59. The average molecular weight is 480 g/mol. The van der Waals surface area contributed by atoms with Crippen LogP contribution in [0.5, 0.6) is 5.88 Å². The Morgan fingerprint density at radius 2 is 1.81 bits per heavy atom. The second-order valence-electron chi connectivity index (χ2n) is 7.67. The molecule has 10 heteroatoms. The number of nitrogens with zero attached hydrogens (tertiary/aromatic N) is 3. The van der Waals surface area contributed by atoms with Gasteiger partial charge in [0, 0.05) is 22.1 Å². The molecule has 162 valence electrons. The SMILES string of the molecule is Cc1nn(C(C)(C)C)c(OC(=O)c2cc([N+](=O)[O-])ccc2Cl)c1Sc1ccc(Cl)cc1. The molecule has 0 aliphatic rings. The zero-order chi connectivity index (χ0) is 22.9. The highest BCUT2D eigenvalue weighted by molar-refractivity contribution is 7.99. The van der Waals surface area contributed by atoms with Crippen molar-refractivity contribution in [2.24, 2.45) is 0 Å². The molecule has 3 aromatic rings. The Morgan fingerprint density at radius 1 is 1.16 bits per heavy atom. The first-order valence-corrected chi connectivity index (χ1v) is 10.7. The second-order valence-corrected chi connectivity index (χ2v) is 9.60. The summed E-state index contributed by atoms with van der Waals surface area (Å²) in [5.74, 6) is -0.574. The van der Waals surface area contributed by atoms with Crippen molar-refractivity contribution < 1.29 is 14.5 Å². The van der Waals surface area contributed by atoms with Gasteiger partial charge in [-0.3, -0.25) is 10.1 Å². The molecule has 1 heterocycles. The Kier molecular flexibility index (Phi) is 6.64. The van der Waals surface area contributed by atoms with Crippen LogP contribution < -0.4 is 4.74 Å². The van der Waals surface area contributed by atoms with E-state index in [0.29, 0.717) is 15.6 Å². The van der Waals surface area contributed by atoms with Crippen LogP contribution in [0.25, 0.3) is 0 Å². The van der Waals surface area contributed by atoms with Gasteiger partial charge in [0.1, 0.15) is 0 Å². The summed E-state index contributed by atoms with van der Waals surface area (Å²) in [6.07, 6.45) is 0. The van der Waals surface area contributed by atoms with E-state index in [1.165, 1.54) is 23.9 Å². The fraction of sp³-hybridized carbons (Fsp3) is 0.238. The number of ether oxygens (including phenoxy) is 1. The number of non-ortho nitro benzene ring substituents is 1. The van der Waals surface area contributed by atoms with Crippen molar-refractivity contribution in [3.63, 3.8) is 0 Å². The number of hydrogen-bond donors (Lipinski definition) is 0. The maximum absolute atomic E-state index is 13.0. The van der Waals surface area contributed by atoms with Gasteiger partial charge in [-0.25, -0.2) is 9.48 Å². The van der Waals surface area contributed by atoms with E-state index < -0.39 is 16.4 Å². The largest absolute Gasteiger partial charge is 0.403 e. The third-order valence-corrected chi connectivity index (χ3v) is 5.97. The molecule has 1 aromatic heterocycles. The van der Waals surface area contributed by atoms with Gasteiger partial charge in [-0.2, -0.15) is 5.10 Å². The van der Waals surface area contributed by atoms with E-state index in [1.54, 1.807) is 16.8 Å². The summed E-state index contributed by atoms with van der Waals surface area (Å²) in [6, 6.07) is 10.9. The molecule has 0 saturated carbocycles. The van der Waals surface area contributed by atoms with Crippen molar-refractivity contribution in [2.45, 2.75) is 43.0 Å². The van der Waals surface area contributed by atoms with Crippen LogP contribution in [0.1, 0.15) is 36.8 Å². The van der Waals surface area contributed by atoms with Crippen molar-refractivity contribution in [1.29, 1.82) is 0 Å². The third-order valence-electron chi connectivity index (χ3n) is 4.20. The van der Waals surface area contributed by atoms with Crippen molar-refractivity contribution in [2.75, 3.05) is 0 Å². The first-order valence-electron chi connectivity index (χ1n) is 9.17. The molecule has 0 fully saturated rings. The molecule has 0 unspecified atom stereocenters. The molecule has 0 amide bonds. The Balaban J connectivity index is 2.04. The van der Waals surface area contributed by atoms with Crippen LogP contribution in [0.3, 0.4) is 0 Å². The van der Waals surface area contributed by atoms with Gasteiger partial charge in [0.25, 0.3) is 5.69 Å². The molecule has 3 rings (SSSR count). The van der Waals surface area contributed by atoms with Gasteiger partial charge < -0.3 is 4.74 Å². The smallest absolute Gasteiger partial charge is 0.346 e. The lowest BCUT2D eigenvalue weighted by Gasteiger charge is -2.22. The molecule has 7 nitrogen and oxygen atoms in total. The molecule has 0 bridgehead atoms. The number of benzene rings is 2. The van der Waals surface area contributed by atoms with Gasteiger partial charge in [0.05, 0.1) is 31.6 Å². The Morgan fingerprint density at radius 3 is 2.39 bits per heavy atom. The zero-order valence-electron chi connectivity index (χ0n) is 17.2. The number of aryl methyl sites for hydroxylation is 1. The molecule has 0 radical (unpaired) electrons. The highest BCUT2D eigenvalue weighted by Gasteiger charge is 2.28. The number of nitro groups is 1. The minimum Gasteiger partial charge on any atom is -0.403 e. The van der Waals surface area contributed by atoms with E-state index in [2.05, 4.69) is 5.10 Å². The van der Waals surface area contributed by atoms with E-state index in [9.17, 15) is 14.9 Å². The number of aromatic nitrogens is 2. The summed E-state index contributed by atoms with van der Waals surface area (Å²) in [4.78, 5) is 25.0. The van der Waals surface area contributed by atoms with Crippen LogP contribution in [0.4, 0.5) is 5.69 Å². The van der Waals surface area contributed by atoms with Gasteiger partial charge in [-0.1, -0.05) is 35.0 Å². The van der Waals surface area contributed by atoms with Crippen LogP contribution in [0, 0.1) is 17.0 Å². The lowest BCUT2D eigenvalue weighted by Crippen LogP contribution is -2.25. The molecule has 2 aromatic carbocycles. The van der Waals surface area contributed by atoms with Crippen LogP contribution >= 0.6 is 35.0 Å². The Labute approximate surface area is 193 Å². The summed E-state index contributed by atoms with van der Waals surface area (Å²) >= 11 is 13.5. The number of nitro benzene ring substituents is 1. The highest BCUT2D eigenvalue weighted by atomic mass is 35.5. The maximum atomic E-state index is 13.0. The van der Waals surface area contributed by atoms with E-state index in [0.717, 1.165) is 11.0 Å². The third kappa shape index (κ3) is 5.20. The first-order chi connectivity index (χ1) is 14.5. The van der Waals surface area contributed by atoms with Crippen molar-refractivity contribution in [3.05, 3.63) is 73.9 Å². The molecule has 0 saturated heterocycles. The summed E-state index contributed by atoms with van der Waals surface area (Å²) in [7, 11) is 0. The molecule has 0 aliphatic heterocycles. The molecule has 0 spiro atoms. The number of esters is 1. The minimum absolute atomic E-state index is 0.0565. The first kappa shape index (κ1) is 23.1. The summed E-state index contributed by atoms with van der Waals surface area (Å²) in [5, 5.41) is 16.3. The number of halogens is 2. The van der Waals surface area contributed by atoms with Crippen LogP contribution in [0.15, 0.2) is 52.3 Å². The van der Waals surface area contributed by atoms with E-state index >= 15 is 0 Å². The monoisotopic (exact) mass is 479 g/mol. The highest BCUT2D eigenvalue weighted by Crippen LogP contribution is 2.40. The van der Waals surface area contributed by atoms with Crippen LogP contribution in [-0.2, 0) is 5.54 Å². The van der Waals surface area contributed by atoms with Gasteiger partial charge >= 0.3 is 5.97 Å². The lowest BCUT2D eigenvalue weighted by molar-refractivity contribution is -0.384. The quantitative estimate of drug-likeness (QED) is 0.234. The molecular formula is C21H19Cl2N3O4S. The minimum atomic E-state index is -0.808. The topological polar surface area (TPSA) is 87.3 Å². The van der Waals surface area contributed by atoms with Crippen molar-refractivity contribution >= 4 is 46.6 Å². The average Bonchev–Trinajstić information content (AvgIpc) is 2.99. The predicted octanol–water partition coefficient (Wildman–Crippen LogP) is 6.53. The fourth-order valence-corrected chi connectivity index (χ4v) is 3.93. The number of carbonyl (C=O) groups excluding carboxylic acids is 1. The zero-order valence-corrected chi connectivity index (χ0v) is 19.5. The van der Waals surface area contributed by atoms with E-state index in [4.69, 9.17) is 27.9 Å².